The summed E-state index contributed by atoms with van der Waals surface area (Å²) in [6, 6.07) is 0. The summed E-state index contributed by atoms with van der Waals surface area (Å²) in [4.78, 5) is 2.68. The summed E-state index contributed by atoms with van der Waals surface area (Å²) >= 11 is 0. The minimum atomic E-state index is 0.885. The molecular weight excluding hydrogens is 172 g/mol. The lowest BCUT2D eigenvalue weighted by Gasteiger charge is -2.22. The third kappa shape index (κ3) is 2.29. The van der Waals surface area contributed by atoms with Crippen LogP contribution in [0, 0.1) is 17.8 Å². The lowest BCUT2D eigenvalue weighted by atomic mass is 9.98. The first kappa shape index (κ1) is 10.4. The van der Waals surface area contributed by atoms with E-state index in [0.717, 1.165) is 17.8 Å². The summed E-state index contributed by atoms with van der Waals surface area (Å²) in [5, 5.41) is 3.49. The highest BCUT2D eigenvalue weighted by atomic mass is 15.2. The molecule has 82 valence electrons. The number of likely N-dealkylation sites (tertiary alicyclic amines) is 1. The molecule has 2 saturated heterocycles. The molecule has 2 fully saturated rings. The van der Waals surface area contributed by atoms with Crippen LogP contribution in [0.5, 0.6) is 0 Å². The molecule has 0 aromatic heterocycles. The van der Waals surface area contributed by atoms with Crippen LogP contribution in [0.15, 0.2) is 0 Å². The van der Waals surface area contributed by atoms with Gasteiger partial charge < -0.3 is 10.2 Å². The van der Waals surface area contributed by atoms with Gasteiger partial charge in [0.1, 0.15) is 0 Å². The first-order valence-corrected chi connectivity index (χ1v) is 6.22. The van der Waals surface area contributed by atoms with Crippen LogP contribution in [0.1, 0.15) is 26.7 Å². The lowest BCUT2D eigenvalue weighted by molar-refractivity contribution is 0.251. The molecule has 1 N–H and O–H groups in total. The Balaban J connectivity index is 1.75. The Hall–Kier alpha value is -0.0800. The molecule has 2 aliphatic heterocycles. The van der Waals surface area contributed by atoms with E-state index in [-0.39, 0.29) is 0 Å². The maximum Gasteiger partial charge on any atom is 0.00249 e. The topological polar surface area (TPSA) is 15.3 Å². The Morgan fingerprint density at radius 3 is 2.79 bits per heavy atom. The minimum absolute atomic E-state index is 0.885. The van der Waals surface area contributed by atoms with Crippen molar-refractivity contribution >= 4 is 0 Å². The fraction of sp³-hybridized carbons (Fsp3) is 1.00. The second kappa shape index (κ2) is 4.63. The molecule has 0 saturated carbocycles. The molecule has 0 aromatic carbocycles. The molecule has 0 bridgehead atoms. The summed E-state index contributed by atoms with van der Waals surface area (Å²) in [5.74, 6) is 2.78. The summed E-state index contributed by atoms with van der Waals surface area (Å²) < 4.78 is 0. The Kier molecular flexibility index (Phi) is 3.45. The molecule has 3 atom stereocenters. The molecule has 2 nitrogen and oxygen atoms in total. The van der Waals surface area contributed by atoms with Crippen LogP contribution >= 0.6 is 0 Å². The van der Waals surface area contributed by atoms with Crippen LogP contribution in [0.2, 0.25) is 0 Å². The molecule has 0 radical (unpaired) electrons. The van der Waals surface area contributed by atoms with Crippen LogP contribution in [0.4, 0.5) is 0 Å². The smallest absolute Gasteiger partial charge is 0.00249 e. The molecule has 2 heterocycles. The van der Waals surface area contributed by atoms with Gasteiger partial charge in [0, 0.05) is 13.1 Å². The van der Waals surface area contributed by atoms with E-state index in [0.29, 0.717) is 0 Å². The molecule has 0 spiro atoms. The van der Waals surface area contributed by atoms with Gasteiger partial charge in [0.25, 0.3) is 0 Å². The Labute approximate surface area is 88.1 Å². The number of nitrogens with one attached hydrogen (secondary N) is 1. The Bertz CT molecular complexity index is 181. The zero-order chi connectivity index (χ0) is 9.97. The van der Waals surface area contributed by atoms with E-state index in [1.54, 1.807) is 0 Å². The predicted octanol–water partition coefficient (Wildman–Crippen LogP) is 1.57. The number of nitrogens with zero attached hydrogens (tertiary/aromatic N) is 1. The molecule has 2 aliphatic rings. The number of hydrogen-bond donors (Lipinski definition) is 1. The van der Waals surface area contributed by atoms with E-state index in [1.807, 2.05) is 0 Å². The van der Waals surface area contributed by atoms with Crippen LogP contribution in [0.3, 0.4) is 0 Å². The van der Waals surface area contributed by atoms with Crippen LogP contribution in [-0.2, 0) is 0 Å². The second-order valence-electron chi connectivity index (χ2n) is 5.22. The van der Waals surface area contributed by atoms with Crippen LogP contribution in [0.25, 0.3) is 0 Å². The van der Waals surface area contributed by atoms with E-state index in [9.17, 15) is 0 Å². The average Bonchev–Trinajstić information content (AvgIpc) is 2.77. The van der Waals surface area contributed by atoms with Gasteiger partial charge in [-0.15, -0.1) is 0 Å². The van der Waals surface area contributed by atoms with E-state index in [1.165, 1.54) is 45.6 Å². The first-order chi connectivity index (χ1) is 6.79. The van der Waals surface area contributed by atoms with Gasteiger partial charge in [-0.2, -0.15) is 0 Å². The number of rotatable bonds is 3. The SMILES string of the molecule is CCC1CCN(CC2CNCC2C)C1. The third-order valence-electron chi connectivity index (χ3n) is 4.12. The molecule has 14 heavy (non-hydrogen) atoms. The average molecular weight is 196 g/mol. The van der Waals surface area contributed by atoms with Crippen molar-refractivity contribution in [1.82, 2.24) is 10.2 Å². The van der Waals surface area contributed by atoms with E-state index in [4.69, 9.17) is 0 Å². The maximum absolute atomic E-state index is 3.49. The van der Waals surface area contributed by atoms with Crippen molar-refractivity contribution in [3.63, 3.8) is 0 Å². The minimum Gasteiger partial charge on any atom is -0.316 e. The molecule has 0 aromatic rings. The van der Waals surface area contributed by atoms with Crippen molar-refractivity contribution < 1.29 is 0 Å². The summed E-state index contributed by atoms with van der Waals surface area (Å²) in [7, 11) is 0. The van der Waals surface area contributed by atoms with Gasteiger partial charge in [-0.25, -0.2) is 0 Å². The van der Waals surface area contributed by atoms with Crippen molar-refractivity contribution in [3.8, 4) is 0 Å². The van der Waals surface area contributed by atoms with E-state index < -0.39 is 0 Å². The second-order valence-corrected chi connectivity index (χ2v) is 5.22. The molecule has 2 rings (SSSR count). The molecule has 2 heteroatoms. The third-order valence-corrected chi connectivity index (χ3v) is 4.12. The van der Waals surface area contributed by atoms with E-state index in [2.05, 4.69) is 24.1 Å². The van der Waals surface area contributed by atoms with Gasteiger partial charge in [-0.1, -0.05) is 20.3 Å². The highest BCUT2D eigenvalue weighted by molar-refractivity contribution is 4.83. The van der Waals surface area contributed by atoms with Gasteiger partial charge >= 0.3 is 0 Å². The normalized spacial score (nSPS) is 39.4. The van der Waals surface area contributed by atoms with Gasteiger partial charge in [0.05, 0.1) is 0 Å². The zero-order valence-electron chi connectivity index (χ0n) is 9.63. The number of hydrogen-bond acceptors (Lipinski definition) is 2. The van der Waals surface area contributed by atoms with Crippen molar-refractivity contribution in [2.75, 3.05) is 32.7 Å². The van der Waals surface area contributed by atoms with Crippen LogP contribution in [-0.4, -0.2) is 37.6 Å². The fourth-order valence-corrected chi connectivity index (χ4v) is 2.85. The predicted molar refractivity (Wildman–Crippen MR) is 60.4 cm³/mol. The quantitative estimate of drug-likeness (QED) is 0.737. The standard InChI is InChI=1S/C12H24N2/c1-3-11-4-5-14(8-11)9-12-7-13-6-10(12)2/h10-13H,3-9H2,1-2H3. The highest BCUT2D eigenvalue weighted by Crippen LogP contribution is 2.23. The molecular formula is C12H24N2. The summed E-state index contributed by atoms with van der Waals surface area (Å²) in [6.07, 6.45) is 2.81. The van der Waals surface area contributed by atoms with Gasteiger partial charge in [0.2, 0.25) is 0 Å². The van der Waals surface area contributed by atoms with Gasteiger partial charge in [-0.3, -0.25) is 0 Å². The monoisotopic (exact) mass is 196 g/mol. The van der Waals surface area contributed by atoms with Crippen molar-refractivity contribution in [1.29, 1.82) is 0 Å². The zero-order valence-corrected chi connectivity index (χ0v) is 9.63. The Morgan fingerprint density at radius 1 is 1.36 bits per heavy atom. The molecule has 0 amide bonds. The van der Waals surface area contributed by atoms with Crippen molar-refractivity contribution in [3.05, 3.63) is 0 Å². The van der Waals surface area contributed by atoms with Crippen molar-refractivity contribution in [2.45, 2.75) is 26.7 Å². The van der Waals surface area contributed by atoms with Crippen LogP contribution < -0.4 is 5.32 Å². The van der Waals surface area contributed by atoms with Gasteiger partial charge in [0.15, 0.2) is 0 Å². The summed E-state index contributed by atoms with van der Waals surface area (Å²) in [6.45, 7) is 11.2. The van der Waals surface area contributed by atoms with Crippen molar-refractivity contribution in [2.24, 2.45) is 17.8 Å². The maximum atomic E-state index is 3.49. The largest absolute Gasteiger partial charge is 0.316 e. The van der Waals surface area contributed by atoms with Gasteiger partial charge in [-0.05, 0) is 43.8 Å². The molecule has 0 aliphatic carbocycles. The Morgan fingerprint density at radius 2 is 2.21 bits per heavy atom. The molecule has 3 unspecified atom stereocenters. The van der Waals surface area contributed by atoms with E-state index >= 15 is 0 Å². The highest BCUT2D eigenvalue weighted by Gasteiger charge is 2.28. The lowest BCUT2D eigenvalue weighted by Crippen LogP contribution is -2.30. The summed E-state index contributed by atoms with van der Waals surface area (Å²) in [5.41, 5.74) is 0. The first-order valence-electron chi connectivity index (χ1n) is 6.22. The fourth-order valence-electron chi connectivity index (χ4n) is 2.85.